The van der Waals surface area contributed by atoms with Gasteiger partial charge in [-0.05, 0) is 13.1 Å². The van der Waals surface area contributed by atoms with Crippen LogP contribution in [0.2, 0.25) is 0 Å². The summed E-state index contributed by atoms with van der Waals surface area (Å²) in [4.78, 5) is 11.9. The van der Waals surface area contributed by atoms with Crippen molar-refractivity contribution in [2.24, 2.45) is 0 Å². The van der Waals surface area contributed by atoms with E-state index in [9.17, 15) is 13.2 Å². The van der Waals surface area contributed by atoms with Crippen molar-refractivity contribution in [2.45, 2.75) is 0 Å². The Bertz CT molecular complexity index is 693. The number of sulfonamides is 1. The highest BCUT2D eigenvalue weighted by atomic mass is 32.2. The zero-order valence-corrected chi connectivity index (χ0v) is 11.1. The minimum Gasteiger partial charge on any atom is -0.350 e. The van der Waals surface area contributed by atoms with Gasteiger partial charge in [0.05, 0.1) is 11.3 Å². The van der Waals surface area contributed by atoms with Gasteiger partial charge in [0.2, 0.25) is 10.0 Å². The molecule has 0 bridgehead atoms. The van der Waals surface area contributed by atoms with Crippen LogP contribution < -0.4 is 10.0 Å². The number of nitrogens with zero attached hydrogens (tertiary/aromatic N) is 1. The van der Waals surface area contributed by atoms with Crippen LogP contribution in [0.25, 0.3) is 10.9 Å². The second kappa shape index (κ2) is 5.37. The van der Waals surface area contributed by atoms with Crippen molar-refractivity contribution in [2.75, 3.05) is 19.3 Å². The Hall–Kier alpha value is -1.93. The van der Waals surface area contributed by atoms with Crippen LogP contribution in [0.1, 0.15) is 10.5 Å². The minimum atomic E-state index is -3.32. The Morgan fingerprint density at radius 1 is 1.37 bits per heavy atom. The van der Waals surface area contributed by atoms with Gasteiger partial charge >= 0.3 is 0 Å². The molecule has 102 valence electrons. The lowest BCUT2D eigenvalue weighted by atomic mass is 10.2. The maximum absolute atomic E-state index is 11.9. The highest BCUT2D eigenvalue weighted by Crippen LogP contribution is 2.14. The Balaban J connectivity index is 2.05. The van der Waals surface area contributed by atoms with E-state index in [1.54, 1.807) is 12.1 Å². The summed E-state index contributed by atoms with van der Waals surface area (Å²) in [5, 5.41) is 9.91. The SMILES string of the molecule is CNS(=O)(=O)CCNC(=O)c1n[nH]c2ccccc12. The molecule has 0 aliphatic carbocycles. The van der Waals surface area contributed by atoms with Crippen molar-refractivity contribution in [3.8, 4) is 0 Å². The van der Waals surface area contributed by atoms with Crippen LogP contribution in [-0.4, -0.2) is 43.9 Å². The molecule has 0 radical (unpaired) electrons. The summed E-state index contributed by atoms with van der Waals surface area (Å²) in [7, 11) is -1.99. The number of aromatic amines is 1. The molecule has 0 saturated carbocycles. The molecule has 2 rings (SSSR count). The van der Waals surface area contributed by atoms with Gasteiger partial charge in [-0.2, -0.15) is 5.10 Å². The van der Waals surface area contributed by atoms with E-state index in [0.29, 0.717) is 5.39 Å². The van der Waals surface area contributed by atoms with E-state index >= 15 is 0 Å². The molecule has 19 heavy (non-hydrogen) atoms. The number of carbonyl (C=O) groups excluding carboxylic acids is 1. The van der Waals surface area contributed by atoms with Gasteiger partial charge in [-0.1, -0.05) is 18.2 Å². The Morgan fingerprint density at radius 3 is 2.84 bits per heavy atom. The number of H-pyrrole nitrogens is 1. The van der Waals surface area contributed by atoms with Crippen molar-refractivity contribution in [3.05, 3.63) is 30.0 Å². The molecule has 1 aromatic heterocycles. The third-order valence-electron chi connectivity index (χ3n) is 2.65. The second-order valence-electron chi connectivity index (χ2n) is 3.90. The fourth-order valence-corrected chi connectivity index (χ4v) is 2.20. The monoisotopic (exact) mass is 282 g/mol. The summed E-state index contributed by atoms with van der Waals surface area (Å²) < 4.78 is 24.6. The van der Waals surface area contributed by atoms with E-state index in [0.717, 1.165) is 5.52 Å². The zero-order chi connectivity index (χ0) is 13.9. The number of carbonyl (C=O) groups is 1. The summed E-state index contributed by atoms with van der Waals surface area (Å²) in [6.45, 7) is 0.0309. The van der Waals surface area contributed by atoms with Gasteiger partial charge in [0.1, 0.15) is 0 Å². The van der Waals surface area contributed by atoms with E-state index in [1.807, 2.05) is 12.1 Å². The number of hydrogen-bond acceptors (Lipinski definition) is 4. The summed E-state index contributed by atoms with van der Waals surface area (Å²) >= 11 is 0. The fraction of sp³-hybridized carbons (Fsp3) is 0.273. The molecule has 3 N–H and O–H groups in total. The lowest BCUT2D eigenvalue weighted by Gasteiger charge is -2.04. The molecule has 0 atom stereocenters. The molecule has 7 nitrogen and oxygen atoms in total. The largest absolute Gasteiger partial charge is 0.350 e. The maximum atomic E-state index is 11.9. The minimum absolute atomic E-state index is 0.0309. The second-order valence-corrected chi connectivity index (χ2v) is 5.94. The standard InChI is InChI=1S/C11H14N4O3S/c1-12-19(17,18)7-6-13-11(16)10-8-4-2-3-5-9(8)14-15-10/h2-5,12H,6-7H2,1H3,(H,13,16)(H,14,15). The number of nitrogens with one attached hydrogen (secondary N) is 3. The van der Waals surface area contributed by atoms with Gasteiger partial charge in [0.25, 0.3) is 5.91 Å². The van der Waals surface area contributed by atoms with Crippen molar-refractivity contribution in [1.29, 1.82) is 0 Å². The molecule has 0 spiro atoms. The average molecular weight is 282 g/mol. The normalized spacial score (nSPS) is 11.6. The topological polar surface area (TPSA) is 104 Å². The predicted octanol–water partition coefficient (Wildman–Crippen LogP) is -0.158. The molecular weight excluding hydrogens is 268 g/mol. The summed E-state index contributed by atoms with van der Waals surface area (Å²) in [6, 6.07) is 7.23. The van der Waals surface area contributed by atoms with E-state index in [4.69, 9.17) is 0 Å². The first kappa shape index (κ1) is 13.5. The number of para-hydroxylation sites is 1. The van der Waals surface area contributed by atoms with E-state index in [-0.39, 0.29) is 18.0 Å². The van der Waals surface area contributed by atoms with Gasteiger partial charge in [0, 0.05) is 11.9 Å². The zero-order valence-electron chi connectivity index (χ0n) is 10.3. The number of hydrogen-bond donors (Lipinski definition) is 3. The molecule has 8 heteroatoms. The quantitative estimate of drug-likeness (QED) is 0.709. The lowest BCUT2D eigenvalue weighted by Crippen LogP contribution is -2.33. The molecule has 0 unspecified atom stereocenters. The number of rotatable bonds is 5. The molecule has 1 aromatic carbocycles. The van der Waals surface area contributed by atoms with Crippen LogP contribution in [-0.2, 0) is 10.0 Å². The lowest BCUT2D eigenvalue weighted by molar-refractivity contribution is 0.0952. The van der Waals surface area contributed by atoms with Gasteiger partial charge in [-0.3, -0.25) is 9.89 Å². The van der Waals surface area contributed by atoms with E-state index < -0.39 is 15.9 Å². The Morgan fingerprint density at radius 2 is 2.11 bits per heavy atom. The van der Waals surface area contributed by atoms with E-state index in [1.165, 1.54) is 7.05 Å². The highest BCUT2D eigenvalue weighted by molar-refractivity contribution is 7.89. The van der Waals surface area contributed by atoms with Gasteiger partial charge in [-0.25, -0.2) is 13.1 Å². The fourth-order valence-electron chi connectivity index (χ4n) is 1.62. The van der Waals surface area contributed by atoms with Crippen molar-refractivity contribution >= 4 is 26.8 Å². The van der Waals surface area contributed by atoms with Gasteiger partial charge in [-0.15, -0.1) is 0 Å². The van der Waals surface area contributed by atoms with Crippen LogP contribution in [0.3, 0.4) is 0 Å². The summed E-state index contributed by atoms with van der Waals surface area (Å²) in [6.07, 6.45) is 0. The number of benzene rings is 1. The van der Waals surface area contributed by atoms with Crippen molar-refractivity contribution in [1.82, 2.24) is 20.2 Å². The predicted molar refractivity (Wildman–Crippen MR) is 71.3 cm³/mol. The smallest absolute Gasteiger partial charge is 0.272 e. The molecule has 0 aliphatic rings. The molecule has 2 aromatic rings. The van der Waals surface area contributed by atoms with Crippen molar-refractivity contribution < 1.29 is 13.2 Å². The number of aromatic nitrogens is 2. The molecule has 0 aliphatic heterocycles. The van der Waals surface area contributed by atoms with Crippen LogP contribution in [0, 0.1) is 0 Å². The van der Waals surface area contributed by atoms with Crippen LogP contribution >= 0.6 is 0 Å². The highest BCUT2D eigenvalue weighted by Gasteiger charge is 2.14. The van der Waals surface area contributed by atoms with Crippen LogP contribution in [0.5, 0.6) is 0 Å². The summed E-state index contributed by atoms with van der Waals surface area (Å²) in [5.74, 6) is -0.568. The Kier molecular flexibility index (Phi) is 3.82. The molecule has 0 fully saturated rings. The Labute approximate surface area is 110 Å². The number of amides is 1. The third-order valence-corrected chi connectivity index (χ3v) is 4.02. The van der Waals surface area contributed by atoms with E-state index in [2.05, 4.69) is 20.2 Å². The number of fused-ring (bicyclic) bond motifs is 1. The summed E-state index contributed by atoms with van der Waals surface area (Å²) in [5.41, 5.74) is 1.02. The maximum Gasteiger partial charge on any atom is 0.272 e. The van der Waals surface area contributed by atoms with Gasteiger partial charge in [0.15, 0.2) is 5.69 Å². The third kappa shape index (κ3) is 3.09. The first-order valence-corrected chi connectivity index (χ1v) is 7.31. The first-order chi connectivity index (χ1) is 9.03. The van der Waals surface area contributed by atoms with Crippen molar-refractivity contribution in [3.63, 3.8) is 0 Å². The molecule has 1 amide bonds. The van der Waals surface area contributed by atoms with Crippen LogP contribution in [0.4, 0.5) is 0 Å². The first-order valence-electron chi connectivity index (χ1n) is 5.66. The average Bonchev–Trinajstić information content (AvgIpc) is 2.82. The van der Waals surface area contributed by atoms with Crippen LogP contribution in [0.15, 0.2) is 24.3 Å². The van der Waals surface area contributed by atoms with Gasteiger partial charge < -0.3 is 5.32 Å². The molecule has 0 saturated heterocycles. The molecule has 1 heterocycles. The molecular formula is C11H14N4O3S.